The molecule has 0 saturated heterocycles. The molecule has 0 N–H and O–H groups in total. The van der Waals surface area contributed by atoms with Crippen LogP contribution in [0.5, 0.6) is 5.75 Å². The van der Waals surface area contributed by atoms with Crippen LogP contribution in [-0.2, 0) is 6.42 Å². The lowest BCUT2D eigenvalue weighted by atomic mass is 9.83. The minimum atomic E-state index is -0.228. The predicted octanol–water partition coefficient (Wildman–Crippen LogP) is 5.73. The highest BCUT2D eigenvalue weighted by atomic mass is 32.1. The lowest BCUT2D eigenvalue weighted by molar-refractivity contribution is 0.413. The van der Waals surface area contributed by atoms with Gasteiger partial charge < -0.3 is 9.30 Å². The summed E-state index contributed by atoms with van der Waals surface area (Å²) in [6.07, 6.45) is 3.82. The predicted molar refractivity (Wildman–Crippen MR) is 161 cm³/mol. The molecule has 5 aromatic rings. The molecule has 1 aliphatic carbocycles. The van der Waals surface area contributed by atoms with Crippen LogP contribution in [0.1, 0.15) is 46.1 Å². The summed E-state index contributed by atoms with van der Waals surface area (Å²) in [6.45, 7) is 4.21. The number of ether oxygens (including phenoxy) is 1. The van der Waals surface area contributed by atoms with Gasteiger partial charge in [0, 0.05) is 22.6 Å². The maximum atomic E-state index is 14.2. The number of para-hydroxylation sites is 1. The van der Waals surface area contributed by atoms with Crippen molar-refractivity contribution in [3.8, 4) is 11.4 Å². The number of aryl methyl sites for hydroxylation is 2. The summed E-state index contributed by atoms with van der Waals surface area (Å²) >= 11 is 1.47. The number of benzene rings is 3. The molecule has 1 aliphatic heterocycles. The second-order valence-corrected chi connectivity index (χ2v) is 11.4. The van der Waals surface area contributed by atoms with Gasteiger partial charge in [-0.15, -0.1) is 0 Å². The Morgan fingerprint density at radius 1 is 0.950 bits per heavy atom. The average molecular weight is 544 g/mol. The summed E-state index contributed by atoms with van der Waals surface area (Å²) in [5.74, 6) is 0.781. The van der Waals surface area contributed by atoms with Gasteiger partial charge in [-0.25, -0.2) is 4.99 Å². The van der Waals surface area contributed by atoms with Crippen molar-refractivity contribution in [2.75, 3.05) is 7.11 Å². The van der Waals surface area contributed by atoms with Crippen molar-refractivity contribution in [2.24, 2.45) is 4.99 Å². The molecule has 0 bridgehead atoms. The zero-order valence-electron chi connectivity index (χ0n) is 22.7. The SMILES string of the molecule is COc1cccc(C2C3=C(N=c4s/c(=C\c5cc(C)n(-c6ccccc6)c5C)c(=O)n42)c2ccccc2CC3)c1. The Bertz CT molecular complexity index is 1990. The zero-order valence-corrected chi connectivity index (χ0v) is 23.5. The highest BCUT2D eigenvalue weighted by Gasteiger charge is 2.32. The monoisotopic (exact) mass is 543 g/mol. The van der Waals surface area contributed by atoms with Crippen LogP contribution in [0.2, 0.25) is 0 Å². The number of fused-ring (bicyclic) bond motifs is 3. The van der Waals surface area contributed by atoms with E-state index in [1.165, 1.54) is 28.0 Å². The molecule has 2 aromatic heterocycles. The standard InChI is InChI=1S/C34H29N3O2S/c1-21-18-25(22(2)36(21)26-12-5-4-6-13-26)20-30-33(38)37-32(24-11-9-14-27(19-24)39-3)29-17-16-23-10-7-8-15-28(23)31(29)35-34(37)40-30/h4-15,18-20,32H,16-17H2,1-3H3/b30-20-. The van der Waals surface area contributed by atoms with Gasteiger partial charge in [-0.05, 0) is 85.4 Å². The van der Waals surface area contributed by atoms with Gasteiger partial charge in [0.05, 0.1) is 23.4 Å². The van der Waals surface area contributed by atoms with Gasteiger partial charge >= 0.3 is 0 Å². The molecule has 7 rings (SSSR count). The lowest BCUT2D eigenvalue weighted by Gasteiger charge is -2.31. The Kier molecular flexibility index (Phi) is 5.93. The first-order chi connectivity index (χ1) is 19.5. The van der Waals surface area contributed by atoms with Gasteiger partial charge in [-0.1, -0.05) is 65.9 Å². The third-order valence-electron chi connectivity index (χ3n) is 8.05. The Balaban J connectivity index is 1.45. The molecule has 1 unspecified atom stereocenters. The third kappa shape index (κ3) is 3.90. The molecule has 5 nitrogen and oxygen atoms in total. The summed E-state index contributed by atoms with van der Waals surface area (Å²) in [7, 11) is 1.68. The second kappa shape index (κ2) is 9.65. The van der Waals surface area contributed by atoms with Gasteiger partial charge in [0.2, 0.25) is 0 Å². The Hall–Kier alpha value is -4.42. The maximum absolute atomic E-state index is 14.2. The average Bonchev–Trinajstić information content (AvgIpc) is 3.45. The first kappa shape index (κ1) is 24.6. The van der Waals surface area contributed by atoms with Gasteiger partial charge in [-0.3, -0.25) is 9.36 Å². The Morgan fingerprint density at radius 2 is 1.75 bits per heavy atom. The number of hydrogen-bond acceptors (Lipinski definition) is 4. The fourth-order valence-corrected chi connectivity index (χ4v) is 7.18. The fraction of sp³-hybridized carbons (Fsp3) is 0.176. The molecular formula is C34H29N3O2S. The van der Waals surface area contributed by atoms with Crippen molar-refractivity contribution in [3.05, 3.63) is 144 Å². The van der Waals surface area contributed by atoms with Crippen LogP contribution in [0, 0.1) is 13.8 Å². The van der Waals surface area contributed by atoms with Gasteiger partial charge in [0.1, 0.15) is 5.75 Å². The molecule has 1 atom stereocenters. The molecule has 3 heterocycles. The van der Waals surface area contributed by atoms with E-state index in [1.54, 1.807) is 7.11 Å². The van der Waals surface area contributed by atoms with Crippen LogP contribution in [0.25, 0.3) is 17.5 Å². The maximum Gasteiger partial charge on any atom is 0.271 e. The fourth-order valence-electron chi connectivity index (χ4n) is 6.18. The number of aromatic nitrogens is 2. The number of hydrogen-bond donors (Lipinski definition) is 0. The van der Waals surface area contributed by atoms with Crippen LogP contribution in [-0.4, -0.2) is 16.2 Å². The quantitative estimate of drug-likeness (QED) is 0.291. The molecule has 0 spiro atoms. The van der Waals surface area contributed by atoms with E-state index in [0.29, 0.717) is 4.53 Å². The zero-order chi connectivity index (χ0) is 27.4. The summed E-state index contributed by atoms with van der Waals surface area (Å²) in [4.78, 5) is 20.1. The van der Waals surface area contributed by atoms with Crippen LogP contribution in [0.4, 0.5) is 0 Å². The number of methoxy groups -OCH3 is 1. The molecule has 0 fully saturated rings. The van der Waals surface area contributed by atoms with Gasteiger partial charge in [0.15, 0.2) is 4.80 Å². The van der Waals surface area contributed by atoms with E-state index >= 15 is 0 Å². The molecule has 0 saturated carbocycles. The topological polar surface area (TPSA) is 48.5 Å². The van der Waals surface area contributed by atoms with Crippen molar-refractivity contribution < 1.29 is 4.74 Å². The molecular weight excluding hydrogens is 514 g/mol. The van der Waals surface area contributed by atoms with Crippen LogP contribution in [0.15, 0.2) is 100 Å². The largest absolute Gasteiger partial charge is 0.497 e. The molecule has 0 amide bonds. The molecule has 3 aromatic carbocycles. The molecule has 0 radical (unpaired) electrons. The number of rotatable bonds is 4. The van der Waals surface area contributed by atoms with Crippen LogP contribution in [0.3, 0.4) is 0 Å². The minimum absolute atomic E-state index is 0.00788. The van der Waals surface area contributed by atoms with Crippen LogP contribution < -0.4 is 19.6 Å². The van der Waals surface area contributed by atoms with E-state index in [9.17, 15) is 4.79 Å². The van der Waals surface area contributed by atoms with Crippen LogP contribution >= 0.6 is 11.3 Å². The van der Waals surface area contributed by atoms with Crippen molar-refractivity contribution in [1.29, 1.82) is 0 Å². The first-order valence-corrected chi connectivity index (χ1v) is 14.4. The minimum Gasteiger partial charge on any atom is -0.497 e. The first-order valence-electron chi connectivity index (χ1n) is 13.5. The third-order valence-corrected chi connectivity index (χ3v) is 9.04. The molecule has 198 valence electrons. The van der Waals surface area contributed by atoms with E-state index in [1.807, 2.05) is 47.0 Å². The summed E-state index contributed by atoms with van der Waals surface area (Å²) < 4.78 is 10.4. The molecule has 40 heavy (non-hydrogen) atoms. The van der Waals surface area contributed by atoms with Gasteiger partial charge in [0.25, 0.3) is 5.56 Å². The Morgan fingerprint density at radius 3 is 2.58 bits per heavy atom. The van der Waals surface area contributed by atoms with E-state index in [4.69, 9.17) is 9.73 Å². The van der Waals surface area contributed by atoms with Crippen molar-refractivity contribution in [3.63, 3.8) is 0 Å². The smallest absolute Gasteiger partial charge is 0.271 e. The van der Waals surface area contributed by atoms with Crippen molar-refractivity contribution >= 4 is 23.1 Å². The summed E-state index contributed by atoms with van der Waals surface area (Å²) in [6, 6.07) is 28.8. The van der Waals surface area contributed by atoms with Gasteiger partial charge in [-0.2, -0.15) is 0 Å². The van der Waals surface area contributed by atoms with E-state index in [0.717, 1.165) is 57.3 Å². The van der Waals surface area contributed by atoms with Crippen molar-refractivity contribution in [1.82, 2.24) is 9.13 Å². The van der Waals surface area contributed by atoms with E-state index < -0.39 is 0 Å². The van der Waals surface area contributed by atoms with E-state index in [-0.39, 0.29) is 11.6 Å². The molecule has 2 aliphatic rings. The normalized spacial score (nSPS) is 16.3. The lowest BCUT2D eigenvalue weighted by Crippen LogP contribution is -2.38. The summed E-state index contributed by atoms with van der Waals surface area (Å²) in [5.41, 5.74) is 10.1. The Labute approximate surface area is 236 Å². The number of allylic oxidation sites excluding steroid dienone is 1. The highest BCUT2D eigenvalue weighted by molar-refractivity contribution is 7.07. The number of nitrogens with zero attached hydrogens (tertiary/aromatic N) is 3. The van der Waals surface area contributed by atoms with Crippen molar-refractivity contribution in [2.45, 2.75) is 32.7 Å². The summed E-state index contributed by atoms with van der Waals surface area (Å²) in [5, 5.41) is 0. The highest BCUT2D eigenvalue weighted by Crippen LogP contribution is 2.41. The van der Waals surface area contributed by atoms with E-state index in [2.05, 4.69) is 66.9 Å². The molecule has 6 heteroatoms. The second-order valence-electron chi connectivity index (χ2n) is 10.4. The number of thiazole rings is 1.